The Kier molecular flexibility index (Phi) is 3.52. The van der Waals surface area contributed by atoms with Gasteiger partial charge in [0.1, 0.15) is 0 Å². The first-order valence-electron chi connectivity index (χ1n) is 6.18. The zero-order valence-corrected chi connectivity index (χ0v) is 10.3. The molecule has 1 aliphatic carbocycles. The van der Waals surface area contributed by atoms with Gasteiger partial charge >= 0.3 is 0 Å². The van der Waals surface area contributed by atoms with E-state index < -0.39 is 5.54 Å². The van der Waals surface area contributed by atoms with Crippen LogP contribution in [0.25, 0.3) is 0 Å². The first kappa shape index (κ1) is 12.6. The fraction of sp³-hybridized carbons (Fsp3) is 0.571. The van der Waals surface area contributed by atoms with E-state index in [2.05, 4.69) is 25.1 Å². The van der Waals surface area contributed by atoms with E-state index in [0.717, 1.165) is 12.8 Å². The molecule has 1 atom stereocenters. The van der Waals surface area contributed by atoms with Gasteiger partial charge in [0, 0.05) is 0 Å². The van der Waals surface area contributed by atoms with Crippen LogP contribution in [0.2, 0.25) is 0 Å². The minimum absolute atomic E-state index is 0.165. The highest BCUT2D eigenvalue weighted by atomic mass is 16.3. The molecule has 0 saturated carbocycles. The average molecular weight is 235 g/mol. The number of hydrogen-bond acceptors (Lipinski definition) is 3. The lowest BCUT2D eigenvalue weighted by Crippen LogP contribution is -2.48. The van der Waals surface area contributed by atoms with Crippen LogP contribution in [0, 0.1) is 6.92 Å². The predicted molar refractivity (Wildman–Crippen MR) is 67.9 cm³/mol. The van der Waals surface area contributed by atoms with Gasteiger partial charge in [-0.25, -0.2) is 0 Å². The zero-order chi connectivity index (χ0) is 12.5. The van der Waals surface area contributed by atoms with Gasteiger partial charge in [-0.3, -0.25) is 0 Å². The van der Waals surface area contributed by atoms with Crippen LogP contribution in [0.4, 0.5) is 0 Å². The van der Waals surface area contributed by atoms with Gasteiger partial charge in [-0.05, 0) is 43.2 Å². The van der Waals surface area contributed by atoms with Crippen molar-refractivity contribution in [1.82, 2.24) is 0 Å². The van der Waals surface area contributed by atoms with Crippen molar-refractivity contribution in [2.24, 2.45) is 5.73 Å². The Labute approximate surface area is 102 Å². The van der Waals surface area contributed by atoms with E-state index in [1.165, 1.54) is 16.7 Å². The van der Waals surface area contributed by atoms with Crippen LogP contribution in [0.5, 0.6) is 0 Å². The van der Waals surface area contributed by atoms with E-state index in [1.807, 2.05) is 0 Å². The monoisotopic (exact) mass is 235 g/mol. The Morgan fingerprint density at radius 2 is 2.06 bits per heavy atom. The summed E-state index contributed by atoms with van der Waals surface area (Å²) in [6.45, 7) is 1.77. The smallest absolute Gasteiger partial charge is 0.0633 e. The fourth-order valence-corrected chi connectivity index (χ4v) is 2.72. The maximum absolute atomic E-state index is 9.25. The molecule has 0 heterocycles. The largest absolute Gasteiger partial charge is 0.394 e. The maximum atomic E-state index is 9.25. The average Bonchev–Trinajstić information content (AvgIpc) is 2.71. The van der Waals surface area contributed by atoms with Crippen molar-refractivity contribution in [2.45, 2.75) is 37.6 Å². The zero-order valence-electron chi connectivity index (χ0n) is 10.3. The van der Waals surface area contributed by atoms with Gasteiger partial charge in [-0.2, -0.15) is 0 Å². The summed E-state index contributed by atoms with van der Waals surface area (Å²) in [6, 6.07) is 6.51. The molecule has 2 rings (SSSR count). The van der Waals surface area contributed by atoms with E-state index in [-0.39, 0.29) is 13.2 Å². The molecule has 0 radical (unpaired) electrons. The van der Waals surface area contributed by atoms with Gasteiger partial charge in [0.15, 0.2) is 0 Å². The van der Waals surface area contributed by atoms with Crippen molar-refractivity contribution in [3.05, 3.63) is 34.9 Å². The van der Waals surface area contributed by atoms with Crippen molar-refractivity contribution < 1.29 is 10.2 Å². The van der Waals surface area contributed by atoms with Crippen LogP contribution in [0.3, 0.4) is 0 Å². The second kappa shape index (κ2) is 4.77. The van der Waals surface area contributed by atoms with Crippen LogP contribution < -0.4 is 5.73 Å². The lowest BCUT2D eigenvalue weighted by molar-refractivity contribution is 0.108. The molecule has 1 unspecified atom stereocenters. The number of rotatable bonds is 4. The highest BCUT2D eigenvalue weighted by molar-refractivity contribution is 5.38. The number of nitrogens with two attached hydrogens (primary N) is 1. The van der Waals surface area contributed by atoms with Gasteiger partial charge in [-0.1, -0.05) is 23.8 Å². The molecule has 1 aliphatic rings. The number of fused-ring (bicyclic) bond motifs is 1. The predicted octanol–water partition coefficient (Wildman–Crippen LogP) is 1.10. The van der Waals surface area contributed by atoms with Crippen molar-refractivity contribution in [3.63, 3.8) is 0 Å². The molecule has 0 amide bonds. The molecule has 3 heteroatoms. The summed E-state index contributed by atoms with van der Waals surface area (Å²) >= 11 is 0. The second-order valence-corrected chi connectivity index (χ2v) is 5.32. The molecular formula is C14H21NO2. The standard InChI is InChI=1S/C14H21NO2/c1-10-2-5-13-11(6-10)3-4-12(13)7-14(15,8-16)9-17/h2,5-6,12,16-17H,3-4,7-9,15H2,1H3. The summed E-state index contributed by atoms with van der Waals surface area (Å²) in [5, 5.41) is 18.5. The van der Waals surface area contributed by atoms with Gasteiger partial charge < -0.3 is 15.9 Å². The molecule has 0 saturated heterocycles. The minimum atomic E-state index is -0.850. The Bertz CT molecular complexity index is 399. The summed E-state index contributed by atoms with van der Waals surface area (Å²) in [5.41, 5.74) is 9.13. The number of aliphatic hydroxyl groups excluding tert-OH is 2. The Morgan fingerprint density at radius 3 is 2.71 bits per heavy atom. The molecule has 0 aliphatic heterocycles. The number of benzene rings is 1. The summed E-state index contributed by atoms with van der Waals surface area (Å²) in [4.78, 5) is 0. The molecule has 0 spiro atoms. The number of aliphatic hydroxyl groups is 2. The lowest BCUT2D eigenvalue weighted by Gasteiger charge is -2.28. The second-order valence-electron chi connectivity index (χ2n) is 5.32. The van der Waals surface area contributed by atoms with Crippen LogP contribution >= 0.6 is 0 Å². The molecule has 17 heavy (non-hydrogen) atoms. The van der Waals surface area contributed by atoms with Crippen LogP contribution in [-0.4, -0.2) is 29.0 Å². The summed E-state index contributed by atoms with van der Waals surface area (Å²) in [7, 11) is 0. The molecule has 0 fully saturated rings. The molecule has 0 bridgehead atoms. The molecule has 4 N–H and O–H groups in total. The van der Waals surface area contributed by atoms with Gasteiger partial charge in [0.25, 0.3) is 0 Å². The van der Waals surface area contributed by atoms with Crippen LogP contribution in [-0.2, 0) is 6.42 Å². The number of aryl methyl sites for hydroxylation is 2. The van der Waals surface area contributed by atoms with Crippen LogP contribution in [0.1, 0.15) is 35.4 Å². The van der Waals surface area contributed by atoms with Crippen molar-refractivity contribution in [1.29, 1.82) is 0 Å². The van der Waals surface area contributed by atoms with Gasteiger partial charge in [0.05, 0.1) is 18.8 Å². The molecule has 94 valence electrons. The van der Waals surface area contributed by atoms with Gasteiger partial charge in [0.2, 0.25) is 0 Å². The van der Waals surface area contributed by atoms with E-state index in [1.54, 1.807) is 0 Å². The Balaban J connectivity index is 2.17. The quantitative estimate of drug-likeness (QED) is 0.732. The normalized spacial score (nSPS) is 19.4. The molecule has 1 aromatic carbocycles. The summed E-state index contributed by atoms with van der Waals surface area (Å²) in [6.07, 6.45) is 2.79. The third kappa shape index (κ3) is 2.51. The molecular weight excluding hydrogens is 214 g/mol. The summed E-state index contributed by atoms with van der Waals surface area (Å²) in [5.74, 6) is 0.370. The Hall–Kier alpha value is -0.900. The van der Waals surface area contributed by atoms with Crippen molar-refractivity contribution >= 4 is 0 Å². The first-order chi connectivity index (χ1) is 8.08. The highest BCUT2D eigenvalue weighted by Gasteiger charge is 2.31. The first-order valence-corrected chi connectivity index (χ1v) is 6.18. The minimum Gasteiger partial charge on any atom is -0.394 e. The topological polar surface area (TPSA) is 66.5 Å². The van der Waals surface area contributed by atoms with E-state index in [9.17, 15) is 10.2 Å². The van der Waals surface area contributed by atoms with Crippen molar-refractivity contribution in [3.8, 4) is 0 Å². The third-order valence-corrected chi connectivity index (χ3v) is 3.78. The maximum Gasteiger partial charge on any atom is 0.0633 e. The van der Waals surface area contributed by atoms with Crippen LogP contribution in [0.15, 0.2) is 18.2 Å². The highest BCUT2D eigenvalue weighted by Crippen LogP contribution is 2.38. The Morgan fingerprint density at radius 1 is 1.35 bits per heavy atom. The van der Waals surface area contributed by atoms with Gasteiger partial charge in [-0.15, -0.1) is 0 Å². The summed E-state index contributed by atoms with van der Waals surface area (Å²) < 4.78 is 0. The SMILES string of the molecule is Cc1ccc2c(c1)CCC2CC(N)(CO)CO. The number of hydrogen-bond donors (Lipinski definition) is 3. The molecule has 1 aromatic rings. The lowest BCUT2D eigenvalue weighted by atomic mass is 9.86. The molecule has 3 nitrogen and oxygen atoms in total. The third-order valence-electron chi connectivity index (χ3n) is 3.78. The fourth-order valence-electron chi connectivity index (χ4n) is 2.72. The molecule has 0 aromatic heterocycles. The van der Waals surface area contributed by atoms with E-state index >= 15 is 0 Å². The van der Waals surface area contributed by atoms with E-state index in [4.69, 9.17) is 5.73 Å². The van der Waals surface area contributed by atoms with Crippen molar-refractivity contribution in [2.75, 3.05) is 13.2 Å². The van der Waals surface area contributed by atoms with E-state index in [0.29, 0.717) is 12.3 Å².